The van der Waals surface area contributed by atoms with Crippen molar-refractivity contribution < 1.29 is 33.5 Å². The highest BCUT2D eigenvalue weighted by Gasteiger charge is 2.27. The highest BCUT2D eigenvalue weighted by atomic mass is 31.2. The first kappa shape index (κ1) is 43.7. The summed E-state index contributed by atoms with van der Waals surface area (Å²) in [5, 5.41) is 23.8. The Hall–Kier alpha value is -1.32. The molecule has 1 amide bonds. The van der Waals surface area contributed by atoms with Gasteiger partial charge in [-0.2, -0.15) is 0 Å². The molecule has 0 aromatic heterocycles. The molecule has 4 atom stereocenters. The normalized spacial score (nSPS) is 15.6. The molecule has 0 aromatic carbocycles. The summed E-state index contributed by atoms with van der Waals surface area (Å²) in [6, 6.07) is -1.00. The summed E-state index contributed by atoms with van der Waals surface area (Å²) in [4.78, 5) is 22.5. The summed E-state index contributed by atoms with van der Waals surface area (Å²) < 4.78 is 21.9. The van der Waals surface area contributed by atoms with E-state index in [1.165, 1.54) is 64.2 Å². The molecular weight excluding hydrogens is 591 g/mol. The van der Waals surface area contributed by atoms with Crippen LogP contribution >= 0.6 is 7.82 Å². The molecule has 0 aromatic rings. The van der Waals surface area contributed by atoms with Crippen molar-refractivity contribution in [2.45, 2.75) is 161 Å². The predicted octanol–water partition coefficient (Wildman–Crippen LogP) is 7.80. The minimum absolute atomic E-state index is 0.0422. The molecule has 0 rings (SSSR count). The van der Waals surface area contributed by atoms with Gasteiger partial charge in [-0.25, -0.2) is 4.57 Å². The van der Waals surface area contributed by atoms with Crippen LogP contribution in [0.1, 0.15) is 142 Å². The third-order valence-corrected chi connectivity index (χ3v) is 8.48. The number of aliphatic hydroxyl groups is 2. The van der Waals surface area contributed by atoms with E-state index in [2.05, 4.69) is 43.5 Å². The lowest BCUT2D eigenvalue weighted by Gasteiger charge is -2.24. The third-order valence-electron chi connectivity index (χ3n) is 7.49. The van der Waals surface area contributed by atoms with Crippen LogP contribution in [-0.2, 0) is 18.4 Å². The quantitative estimate of drug-likeness (QED) is 0.0279. The molecule has 264 valence electrons. The third kappa shape index (κ3) is 29.8. The number of rotatable bonds is 32. The molecule has 45 heavy (non-hydrogen) atoms. The molecule has 0 saturated heterocycles. The van der Waals surface area contributed by atoms with Gasteiger partial charge in [0.05, 0.1) is 37.9 Å². The number of carbonyl (C=O) groups excluding carboxylic acids is 1. The summed E-state index contributed by atoms with van der Waals surface area (Å²) in [5.41, 5.74) is 5.33. The van der Waals surface area contributed by atoms with E-state index in [4.69, 9.17) is 14.8 Å². The zero-order chi connectivity index (χ0) is 33.4. The second-order valence-electron chi connectivity index (χ2n) is 11.9. The van der Waals surface area contributed by atoms with Crippen LogP contribution in [-0.4, -0.2) is 59.0 Å². The molecule has 0 bridgehead atoms. The van der Waals surface area contributed by atoms with Crippen molar-refractivity contribution in [2.24, 2.45) is 5.73 Å². The Morgan fingerprint density at radius 2 is 1.29 bits per heavy atom. The summed E-state index contributed by atoms with van der Waals surface area (Å²) in [7, 11) is -4.40. The number of hydrogen-bond acceptors (Lipinski definition) is 7. The van der Waals surface area contributed by atoms with E-state index in [9.17, 15) is 24.5 Å². The summed E-state index contributed by atoms with van der Waals surface area (Å²) in [6.45, 7) is 3.85. The van der Waals surface area contributed by atoms with Gasteiger partial charge in [0, 0.05) is 6.54 Å². The van der Waals surface area contributed by atoms with Crippen LogP contribution in [0, 0.1) is 0 Å². The lowest BCUT2D eigenvalue weighted by molar-refractivity contribution is -0.124. The van der Waals surface area contributed by atoms with Crippen molar-refractivity contribution in [2.75, 3.05) is 19.8 Å². The lowest BCUT2D eigenvalue weighted by atomic mass is 10.1. The number of nitrogens with two attached hydrogens (primary N) is 1. The zero-order valence-electron chi connectivity index (χ0n) is 28.5. The molecule has 4 unspecified atom stereocenters. The van der Waals surface area contributed by atoms with Gasteiger partial charge in [0.2, 0.25) is 5.91 Å². The fourth-order valence-corrected chi connectivity index (χ4v) is 5.52. The van der Waals surface area contributed by atoms with Crippen LogP contribution < -0.4 is 11.1 Å². The van der Waals surface area contributed by atoms with Gasteiger partial charge < -0.3 is 26.2 Å². The van der Waals surface area contributed by atoms with Crippen molar-refractivity contribution in [1.82, 2.24) is 5.32 Å². The number of amides is 1. The SMILES string of the molecule is CCCC/C=C\CCCCCC(O)CC(=O)NC(COP(=O)(O)OCCN)C(O)/C=C/CC/C=C/CCCCCCCCCC. The van der Waals surface area contributed by atoms with Crippen LogP contribution in [0.3, 0.4) is 0 Å². The number of nitrogens with one attached hydrogen (secondary N) is 1. The first-order valence-electron chi connectivity index (χ1n) is 17.7. The van der Waals surface area contributed by atoms with E-state index in [0.717, 1.165) is 44.9 Å². The van der Waals surface area contributed by atoms with Gasteiger partial charge in [0.1, 0.15) is 0 Å². The van der Waals surface area contributed by atoms with Gasteiger partial charge in [-0.3, -0.25) is 13.8 Å². The van der Waals surface area contributed by atoms with Crippen LogP contribution in [0.15, 0.2) is 36.5 Å². The second kappa shape index (κ2) is 31.3. The average molecular weight is 659 g/mol. The predicted molar refractivity (Wildman–Crippen MR) is 186 cm³/mol. The molecule has 0 fully saturated rings. The lowest BCUT2D eigenvalue weighted by Crippen LogP contribution is -2.46. The molecular formula is C35H67N2O7P. The molecule has 6 N–H and O–H groups in total. The number of aliphatic hydroxyl groups excluding tert-OH is 2. The number of hydrogen-bond donors (Lipinski definition) is 5. The van der Waals surface area contributed by atoms with Gasteiger partial charge in [-0.1, -0.05) is 121 Å². The largest absolute Gasteiger partial charge is 0.472 e. The molecule has 0 aliphatic heterocycles. The second-order valence-corrected chi connectivity index (χ2v) is 13.4. The average Bonchev–Trinajstić information content (AvgIpc) is 3.01. The van der Waals surface area contributed by atoms with Crippen LogP contribution in [0.25, 0.3) is 0 Å². The summed E-state index contributed by atoms with van der Waals surface area (Å²) >= 11 is 0. The molecule has 0 saturated carbocycles. The Labute approximate surface area is 274 Å². The first-order valence-corrected chi connectivity index (χ1v) is 19.2. The molecule has 10 heteroatoms. The fraction of sp³-hybridized carbons (Fsp3) is 0.800. The van der Waals surface area contributed by atoms with Crippen molar-refractivity contribution in [3.05, 3.63) is 36.5 Å². The molecule has 0 aliphatic carbocycles. The molecule has 9 nitrogen and oxygen atoms in total. The van der Waals surface area contributed by atoms with Crippen LogP contribution in [0.2, 0.25) is 0 Å². The zero-order valence-corrected chi connectivity index (χ0v) is 29.4. The minimum atomic E-state index is -4.40. The van der Waals surface area contributed by atoms with Crippen LogP contribution in [0.4, 0.5) is 0 Å². The molecule has 0 aliphatic rings. The van der Waals surface area contributed by atoms with Gasteiger partial charge in [0.25, 0.3) is 0 Å². The van der Waals surface area contributed by atoms with E-state index in [-0.39, 0.29) is 19.6 Å². The number of phosphoric acid groups is 1. The Balaban J connectivity index is 4.58. The Morgan fingerprint density at radius 3 is 1.91 bits per heavy atom. The highest BCUT2D eigenvalue weighted by Crippen LogP contribution is 2.43. The Kier molecular flexibility index (Phi) is 30.4. The maximum atomic E-state index is 12.7. The van der Waals surface area contributed by atoms with E-state index in [0.29, 0.717) is 12.8 Å². The van der Waals surface area contributed by atoms with Gasteiger partial charge in [0.15, 0.2) is 0 Å². The standard InChI is InChI=1S/C35H67N2O7P/c1-3-5-7-9-11-13-14-15-16-17-19-21-23-25-27-34(39)33(31-44-45(41,42)43-29-28-36)37-35(40)30-32(38)26-24-22-20-18-12-10-8-6-4-2/h10,12,17,19,25,27,32-34,38-39H,3-9,11,13-16,18,20-24,26,28-31,36H2,1-2H3,(H,37,40)(H,41,42)/b12-10-,19-17+,27-25+. The van der Waals surface area contributed by atoms with Crippen molar-refractivity contribution in [3.8, 4) is 0 Å². The monoisotopic (exact) mass is 658 g/mol. The molecule has 0 heterocycles. The van der Waals surface area contributed by atoms with Gasteiger partial charge in [-0.05, 0) is 51.4 Å². The van der Waals surface area contributed by atoms with E-state index in [1.54, 1.807) is 6.08 Å². The fourth-order valence-electron chi connectivity index (χ4n) is 4.76. The van der Waals surface area contributed by atoms with Gasteiger partial charge in [-0.15, -0.1) is 0 Å². The first-order chi connectivity index (χ1) is 21.8. The highest BCUT2D eigenvalue weighted by molar-refractivity contribution is 7.47. The molecule has 0 spiro atoms. The van der Waals surface area contributed by atoms with Crippen molar-refractivity contribution in [3.63, 3.8) is 0 Å². The number of phosphoric ester groups is 1. The summed E-state index contributed by atoms with van der Waals surface area (Å²) in [5.74, 6) is -0.470. The van der Waals surface area contributed by atoms with Crippen LogP contribution in [0.5, 0.6) is 0 Å². The number of allylic oxidation sites excluding steroid dienone is 5. The van der Waals surface area contributed by atoms with E-state index >= 15 is 0 Å². The number of unbranched alkanes of at least 4 members (excludes halogenated alkanes) is 14. The van der Waals surface area contributed by atoms with Gasteiger partial charge >= 0.3 is 7.82 Å². The topological polar surface area (TPSA) is 151 Å². The van der Waals surface area contributed by atoms with Crippen molar-refractivity contribution >= 4 is 13.7 Å². The minimum Gasteiger partial charge on any atom is -0.393 e. The Morgan fingerprint density at radius 1 is 0.756 bits per heavy atom. The Bertz CT molecular complexity index is 822. The van der Waals surface area contributed by atoms with E-state index in [1.807, 2.05) is 6.08 Å². The van der Waals surface area contributed by atoms with Crippen molar-refractivity contribution in [1.29, 1.82) is 0 Å². The van der Waals surface area contributed by atoms with E-state index < -0.39 is 38.6 Å². The molecule has 0 radical (unpaired) electrons. The smallest absolute Gasteiger partial charge is 0.393 e. The number of carbonyl (C=O) groups is 1. The maximum absolute atomic E-state index is 12.7. The maximum Gasteiger partial charge on any atom is 0.472 e. The summed E-state index contributed by atoms with van der Waals surface area (Å²) in [6.07, 6.45) is 31.0.